The quantitative estimate of drug-likeness (QED) is 0.570. The van der Waals surface area contributed by atoms with Gasteiger partial charge in [0.15, 0.2) is 0 Å². The van der Waals surface area contributed by atoms with Crippen LogP contribution in [0.25, 0.3) is 21.9 Å². The van der Waals surface area contributed by atoms with Crippen LogP contribution in [-0.4, -0.2) is 11.2 Å². The molecule has 0 radical (unpaired) electrons. The van der Waals surface area contributed by atoms with Crippen LogP contribution in [0.2, 0.25) is 0 Å². The van der Waals surface area contributed by atoms with Crippen molar-refractivity contribution in [1.82, 2.24) is 0 Å². The Morgan fingerprint density at radius 3 is 2.20 bits per heavy atom. The zero-order valence-electron chi connectivity index (χ0n) is 15.0. The van der Waals surface area contributed by atoms with Gasteiger partial charge in [0.1, 0.15) is 11.5 Å². The Bertz CT molecular complexity index is 908. The summed E-state index contributed by atoms with van der Waals surface area (Å²) in [6.45, 7) is 10.1. The van der Waals surface area contributed by atoms with Gasteiger partial charge in [0, 0.05) is 10.9 Å². The number of aromatic hydroxyl groups is 1. The monoisotopic (exact) mass is 332 g/mol. The maximum absolute atomic E-state index is 11.1. The van der Waals surface area contributed by atoms with Gasteiger partial charge in [0.25, 0.3) is 0 Å². The second kappa shape index (κ2) is 7.02. The largest absolute Gasteiger partial charge is 0.507 e. The lowest BCUT2D eigenvalue weighted by Crippen LogP contribution is -2.09. The minimum absolute atomic E-state index is 0.00639. The summed E-state index contributed by atoms with van der Waals surface area (Å²) < 4.78 is 6.22. The Morgan fingerprint density at radius 2 is 1.60 bits per heavy atom. The highest BCUT2D eigenvalue weighted by molar-refractivity contribution is 6.00. The average molecular weight is 332 g/mol. The van der Waals surface area contributed by atoms with Crippen LogP contribution in [0.5, 0.6) is 11.5 Å². The van der Waals surface area contributed by atoms with Crippen LogP contribution in [-0.2, 0) is 6.42 Å². The SMILES string of the molecule is C=C(C)Cc1c(OC(C)C)c(-c2ccccc2)c(O)c2ccccc12. The van der Waals surface area contributed by atoms with Crippen LogP contribution in [0.3, 0.4) is 0 Å². The number of allylic oxidation sites excluding steroid dienone is 1. The van der Waals surface area contributed by atoms with Crippen LogP contribution in [0.4, 0.5) is 0 Å². The van der Waals surface area contributed by atoms with Crippen LogP contribution < -0.4 is 4.74 Å². The number of fused-ring (bicyclic) bond motifs is 1. The molecule has 0 aliphatic carbocycles. The maximum atomic E-state index is 11.1. The fraction of sp³-hybridized carbons (Fsp3) is 0.217. The molecule has 0 amide bonds. The number of ether oxygens (including phenoxy) is 1. The Kier molecular flexibility index (Phi) is 4.80. The van der Waals surface area contributed by atoms with Crippen LogP contribution in [0.1, 0.15) is 26.3 Å². The lowest BCUT2D eigenvalue weighted by atomic mass is 9.91. The van der Waals surface area contributed by atoms with Gasteiger partial charge in [-0.1, -0.05) is 66.7 Å². The maximum Gasteiger partial charge on any atom is 0.135 e. The highest BCUT2D eigenvalue weighted by Gasteiger charge is 2.22. The third-order valence-electron chi connectivity index (χ3n) is 4.14. The summed E-state index contributed by atoms with van der Waals surface area (Å²) in [4.78, 5) is 0. The first-order chi connectivity index (χ1) is 12.0. The number of rotatable bonds is 5. The predicted molar refractivity (Wildman–Crippen MR) is 105 cm³/mol. The molecule has 2 nitrogen and oxygen atoms in total. The molecule has 0 atom stereocenters. The van der Waals surface area contributed by atoms with Gasteiger partial charge in [-0.2, -0.15) is 0 Å². The molecule has 0 aromatic heterocycles. The molecule has 0 unspecified atom stereocenters. The summed E-state index contributed by atoms with van der Waals surface area (Å²) in [7, 11) is 0. The Labute approximate surface area is 149 Å². The normalized spacial score (nSPS) is 11.0. The van der Waals surface area contributed by atoms with Gasteiger partial charge in [-0.3, -0.25) is 0 Å². The standard InChI is InChI=1S/C23H24O2/c1-15(2)14-20-18-12-8-9-13-19(18)22(24)21(23(20)25-16(3)4)17-10-6-5-7-11-17/h5-13,16,24H,1,14H2,2-4H3. The van der Waals surface area contributed by atoms with Crippen molar-refractivity contribution >= 4 is 10.8 Å². The Hall–Kier alpha value is -2.74. The minimum atomic E-state index is 0.00639. The third kappa shape index (κ3) is 3.39. The zero-order chi connectivity index (χ0) is 18.0. The smallest absolute Gasteiger partial charge is 0.135 e. The highest BCUT2D eigenvalue weighted by atomic mass is 16.5. The molecule has 0 fully saturated rings. The second-order valence-electron chi connectivity index (χ2n) is 6.74. The lowest BCUT2D eigenvalue weighted by molar-refractivity contribution is 0.241. The van der Waals surface area contributed by atoms with Crippen molar-refractivity contribution in [3.05, 3.63) is 72.3 Å². The molecule has 3 rings (SSSR count). The first kappa shape index (κ1) is 17.1. The molecule has 0 spiro atoms. The van der Waals surface area contributed by atoms with Crippen molar-refractivity contribution in [3.63, 3.8) is 0 Å². The van der Waals surface area contributed by atoms with E-state index >= 15 is 0 Å². The van der Waals surface area contributed by atoms with Crippen LogP contribution in [0, 0.1) is 0 Å². The van der Waals surface area contributed by atoms with E-state index in [-0.39, 0.29) is 11.9 Å². The molecule has 0 aliphatic rings. The number of phenols is 1. The van der Waals surface area contributed by atoms with Gasteiger partial charge in [-0.15, -0.1) is 0 Å². The summed E-state index contributed by atoms with van der Waals surface area (Å²) in [5.41, 5.74) is 3.84. The van der Waals surface area contributed by atoms with E-state index in [1.165, 1.54) is 0 Å². The second-order valence-corrected chi connectivity index (χ2v) is 6.74. The van der Waals surface area contributed by atoms with Gasteiger partial charge in [0.2, 0.25) is 0 Å². The van der Waals surface area contributed by atoms with Gasteiger partial charge in [-0.25, -0.2) is 0 Å². The highest BCUT2D eigenvalue weighted by Crippen LogP contribution is 2.47. The molecule has 3 aromatic carbocycles. The van der Waals surface area contributed by atoms with Gasteiger partial charge in [0.05, 0.1) is 11.7 Å². The van der Waals surface area contributed by atoms with Gasteiger partial charge < -0.3 is 9.84 Å². The van der Waals surface area contributed by atoms with Crippen molar-refractivity contribution in [2.45, 2.75) is 33.3 Å². The molecule has 0 saturated carbocycles. The number of hydrogen-bond donors (Lipinski definition) is 1. The number of benzene rings is 3. The molecule has 2 heteroatoms. The minimum Gasteiger partial charge on any atom is -0.507 e. The van der Waals surface area contributed by atoms with E-state index in [0.717, 1.165) is 38.8 Å². The molecule has 25 heavy (non-hydrogen) atoms. The van der Waals surface area contributed by atoms with Crippen LogP contribution >= 0.6 is 0 Å². The Morgan fingerprint density at radius 1 is 1.00 bits per heavy atom. The first-order valence-electron chi connectivity index (χ1n) is 8.62. The van der Waals surface area contributed by atoms with E-state index in [9.17, 15) is 5.11 Å². The van der Waals surface area contributed by atoms with E-state index in [1.807, 2.05) is 75.4 Å². The van der Waals surface area contributed by atoms with Crippen molar-refractivity contribution in [2.24, 2.45) is 0 Å². The summed E-state index contributed by atoms with van der Waals surface area (Å²) in [6, 6.07) is 17.9. The fourth-order valence-corrected chi connectivity index (χ4v) is 3.18. The van der Waals surface area contributed by atoms with Crippen LogP contribution in [0.15, 0.2) is 66.7 Å². The van der Waals surface area contributed by atoms with E-state index in [1.54, 1.807) is 0 Å². The lowest BCUT2D eigenvalue weighted by Gasteiger charge is -2.22. The predicted octanol–water partition coefficient (Wildman–Crippen LogP) is 6.12. The van der Waals surface area contributed by atoms with E-state index in [2.05, 4.69) is 6.58 Å². The average Bonchev–Trinajstić information content (AvgIpc) is 2.59. The molecule has 128 valence electrons. The summed E-state index contributed by atoms with van der Waals surface area (Å²) >= 11 is 0. The molecule has 1 N–H and O–H groups in total. The van der Waals surface area contributed by atoms with E-state index in [4.69, 9.17) is 4.74 Å². The molecule has 0 aliphatic heterocycles. The summed E-state index contributed by atoms with van der Waals surface area (Å²) in [5, 5.41) is 12.9. The molecule has 0 bridgehead atoms. The molecule has 0 saturated heterocycles. The molecular weight excluding hydrogens is 308 g/mol. The summed E-state index contributed by atoms with van der Waals surface area (Å²) in [6.07, 6.45) is 0.717. The number of hydrogen-bond acceptors (Lipinski definition) is 2. The van der Waals surface area contributed by atoms with Crippen molar-refractivity contribution < 1.29 is 9.84 Å². The molecule has 0 heterocycles. The summed E-state index contributed by atoms with van der Waals surface area (Å²) in [5.74, 6) is 1.02. The topological polar surface area (TPSA) is 29.5 Å². The third-order valence-corrected chi connectivity index (χ3v) is 4.14. The molecular formula is C23H24O2. The Balaban J connectivity index is 2.43. The number of phenolic OH excluding ortho intramolecular Hbond substituents is 1. The fourth-order valence-electron chi connectivity index (χ4n) is 3.18. The van der Waals surface area contributed by atoms with Gasteiger partial charge in [-0.05, 0) is 38.1 Å². The first-order valence-corrected chi connectivity index (χ1v) is 8.62. The zero-order valence-corrected chi connectivity index (χ0v) is 15.0. The van der Waals surface area contributed by atoms with Crippen molar-refractivity contribution in [3.8, 4) is 22.6 Å². The van der Waals surface area contributed by atoms with E-state index < -0.39 is 0 Å². The van der Waals surface area contributed by atoms with E-state index in [0.29, 0.717) is 6.42 Å². The van der Waals surface area contributed by atoms with Crippen molar-refractivity contribution in [2.75, 3.05) is 0 Å². The van der Waals surface area contributed by atoms with Crippen molar-refractivity contribution in [1.29, 1.82) is 0 Å². The molecule has 3 aromatic rings. The van der Waals surface area contributed by atoms with Gasteiger partial charge >= 0.3 is 0 Å².